The molecule has 3 heteroatoms. The third-order valence-corrected chi connectivity index (χ3v) is 3.66. The summed E-state index contributed by atoms with van der Waals surface area (Å²) in [4.78, 5) is 4.05. The number of imidazole rings is 1. The van der Waals surface area contributed by atoms with Gasteiger partial charge in [0, 0.05) is 18.9 Å². The molecule has 0 saturated heterocycles. The van der Waals surface area contributed by atoms with Gasteiger partial charge in [0.2, 0.25) is 0 Å². The molecule has 84 valence electrons. The molecule has 0 atom stereocenters. The lowest BCUT2D eigenvalue weighted by Crippen LogP contribution is -2.24. The van der Waals surface area contributed by atoms with Crippen molar-refractivity contribution in [3.63, 3.8) is 0 Å². The largest absolute Gasteiger partial charge is 0.369 e. The monoisotopic (exact) mass is 207 g/mol. The lowest BCUT2D eigenvalue weighted by molar-refractivity contribution is 0.179. The van der Waals surface area contributed by atoms with Gasteiger partial charge in [0.25, 0.3) is 0 Å². The summed E-state index contributed by atoms with van der Waals surface area (Å²) in [6, 6.07) is 0. The zero-order chi connectivity index (χ0) is 10.9. The standard InChI is InChI=1S/C12H21N3/c1-12(2)5-3-10(4-6-12)9-15-8-7-14-11(15)13/h7-8,10H,3-6,9H2,1-2H3,(H2,13,14). The van der Waals surface area contributed by atoms with Crippen molar-refractivity contribution in [2.24, 2.45) is 11.3 Å². The van der Waals surface area contributed by atoms with Crippen LogP contribution in [-0.4, -0.2) is 9.55 Å². The summed E-state index contributed by atoms with van der Waals surface area (Å²) in [5, 5.41) is 0. The summed E-state index contributed by atoms with van der Waals surface area (Å²) in [5.41, 5.74) is 6.32. The van der Waals surface area contributed by atoms with Crippen LogP contribution in [0.1, 0.15) is 39.5 Å². The highest BCUT2D eigenvalue weighted by molar-refractivity contribution is 5.16. The summed E-state index contributed by atoms with van der Waals surface area (Å²) in [5.74, 6) is 1.44. The first kappa shape index (κ1) is 10.5. The molecule has 0 unspecified atom stereocenters. The minimum Gasteiger partial charge on any atom is -0.369 e. The summed E-state index contributed by atoms with van der Waals surface area (Å²) < 4.78 is 2.07. The highest BCUT2D eigenvalue weighted by atomic mass is 15.1. The number of hydrogen-bond donors (Lipinski definition) is 1. The van der Waals surface area contributed by atoms with Crippen molar-refractivity contribution in [1.82, 2.24) is 9.55 Å². The Kier molecular flexibility index (Phi) is 2.72. The molecule has 2 N–H and O–H groups in total. The third kappa shape index (κ3) is 2.52. The predicted molar refractivity (Wildman–Crippen MR) is 62.4 cm³/mol. The van der Waals surface area contributed by atoms with Gasteiger partial charge in [-0.05, 0) is 37.0 Å². The molecule has 3 nitrogen and oxygen atoms in total. The van der Waals surface area contributed by atoms with Crippen LogP contribution in [0.3, 0.4) is 0 Å². The van der Waals surface area contributed by atoms with Gasteiger partial charge in [-0.3, -0.25) is 0 Å². The van der Waals surface area contributed by atoms with Crippen LogP contribution in [0.4, 0.5) is 5.95 Å². The first-order valence-electron chi connectivity index (χ1n) is 5.83. The van der Waals surface area contributed by atoms with E-state index in [0.29, 0.717) is 11.4 Å². The van der Waals surface area contributed by atoms with E-state index in [4.69, 9.17) is 5.73 Å². The van der Waals surface area contributed by atoms with E-state index >= 15 is 0 Å². The molecular formula is C12H21N3. The van der Waals surface area contributed by atoms with E-state index < -0.39 is 0 Å². The summed E-state index contributed by atoms with van der Waals surface area (Å²) in [6.07, 6.45) is 9.09. The topological polar surface area (TPSA) is 43.8 Å². The second-order valence-electron chi connectivity index (χ2n) is 5.55. The Morgan fingerprint density at radius 2 is 2.13 bits per heavy atom. The molecule has 0 bridgehead atoms. The molecule has 0 spiro atoms. The molecular weight excluding hydrogens is 186 g/mol. The van der Waals surface area contributed by atoms with Crippen LogP contribution in [-0.2, 0) is 6.54 Å². The van der Waals surface area contributed by atoms with Gasteiger partial charge in [0.05, 0.1) is 0 Å². The van der Waals surface area contributed by atoms with Crippen molar-refractivity contribution in [2.75, 3.05) is 5.73 Å². The van der Waals surface area contributed by atoms with Gasteiger partial charge >= 0.3 is 0 Å². The molecule has 0 amide bonds. The van der Waals surface area contributed by atoms with Crippen LogP contribution in [0.2, 0.25) is 0 Å². The second-order valence-corrected chi connectivity index (χ2v) is 5.55. The normalized spacial score (nSPS) is 21.7. The molecule has 1 fully saturated rings. The third-order valence-electron chi connectivity index (χ3n) is 3.66. The SMILES string of the molecule is CC1(C)CCC(Cn2ccnc2N)CC1. The minimum atomic E-state index is 0.553. The second kappa shape index (κ2) is 3.87. The van der Waals surface area contributed by atoms with Crippen LogP contribution in [0, 0.1) is 11.3 Å². The van der Waals surface area contributed by atoms with Crippen molar-refractivity contribution in [1.29, 1.82) is 0 Å². The number of nitrogens with two attached hydrogens (primary N) is 1. The average molecular weight is 207 g/mol. The predicted octanol–water partition coefficient (Wildman–Crippen LogP) is 2.68. The van der Waals surface area contributed by atoms with E-state index in [-0.39, 0.29) is 0 Å². The van der Waals surface area contributed by atoms with E-state index in [9.17, 15) is 0 Å². The van der Waals surface area contributed by atoms with Crippen molar-refractivity contribution in [2.45, 2.75) is 46.1 Å². The molecule has 1 aromatic heterocycles. The van der Waals surface area contributed by atoms with E-state index in [1.807, 2.05) is 6.20 Å². The average Bonchev–Trinajstić information content (AvgIpc) is 2.56. The van der Waals surface area contributed by atoms with Gasteiger partial charge in [0.15, 0.2) is 5.95 Å². The number of anilines is 1. The van der Waals surface area contributed by atoms with Crippen molar-refractivity contribution in [3.05, 3.63) is 12.4 Å². The smallest absolute Gasteiger partial charge is 0.200 e. The fraction of sp³-hybridized carbons (Fsp3) is 0.750. The Labute approximate surface area is 91.7 Å². The van der Waals surface area contributed by atoms with E-state index in [2.05, 4.69) is 23.4 Å². The molecule has 1 heterocycles. The first-order chi connectivity index (χ1) is 7.07. The summed E-state index contributed by atoms with van der Waals surface area (Å²) >= 11 is 0. The number of rotatable bonds is 2. The van der Waals surface area contributed by atoms with Crippen molar-refractivity contribution >= 4 is 5.95 Å². The van der Waals surface area contributed by atoms with Gasteiger partial charge < -0.3 is 10.3 Å². The lowest BCUT2D eigenvalue weighted by Gasteiger charge is -2.34. The van der Waals surface area contributed by atoms with Crippen LogP contribution in [0.25, 0.3) is 0 Å². The van der Waals surface area contributed by atoms with Crippen LogP contribution < -0.4 is 5.73 Å². The zero-order valence-electron chi connectivity index (χ0n) is 9.74. The fourth-order valence-electron chi connectivity index (χ4n) is 2.41. The van der Waals surface area contributed by atoms with Crippen LogP contribution >= 0.6 is 0 Å². The fourth-order valence-corrected chi connectivity index (χ4v) is 2.41. The van der Waals surface area contributed by atoms with Gasteiger partial charge in [0.1, 0.15) is 0 Å². The van der Waals surface area contributed by atoms with Gasteiger partial charge in [-0.25, -0.2) is 4.98 Å². The molecule has 0 radical (unpaired) electrons. The Balaban J connectivity index is 1.90. The molecule has 0 aromatic carbocycles. The van der Waals surface area contributed by atoms with E-state index in [1.165, 1.54) is 25.7 Å². The first-order valence-corrected chi connectivity index (χ1v) is 5.83. The number of nitrogen functional groups attached to an aromatic ring is 1. The molecule has 1 saturated carbocycles. The van der Waals surface area contributed by atoms with Crippen molar-refractivity contribution in [3.8, 4) is 0 Å². The Morgan fingerprint density at radius 3 is 2.67 bits per heavy atom. The Morgan fingerprint density at radius 1 is 1.47 bits per heavy atom. The molecule has 0 aliphatic heterocycles. The van der Waals surface area contributed by atoms with E-state index in [1.54, 1.807) is 6.20 Å². The maximum absolute atomic E-state index is 5.76. The quantitative estimate of drug-likeness (QED) is 0.810. The van der Waals surface area contributed by atoms with Gasteiger partial charge in [-0.15, -0.1) is 0 Å². The zero-order valence-corrected chi connectivity index (χ0v) is 9.74. The highest BCUT2D eigenvalue weighted by Crippen LogP contribution is 2.38. The molecule has 1 aliphatic carbocycles. The van der Waals surface area contributed by atoms with Gasteiger partial charge in [-0.1, -0.05) is 13.8 Å². The van der Waals surface area contributed by atoms with Crippen LogP contribution in [0.15, 0.2) is 12.4 Å². The number of hydrogen-bond acceptors (Lipinski definition) is 2. The molecule has 1 aromatic rings. The molecule has 15 heavy (non-hydrogen) atoms. The van der Waals surface area contributed by atoms with Crippen LogP contribution in [0.5, 0.6) is 0 Å². The number of nitrogens with zero attached hydrogens (tertiary/aromatic N) is 2. The summed E-state index contributed by atoms with van der Waals surface area (Å²) in [7, 11) is 0. The van der Waals surface area contributed by atoms with E-state index in [0.717, 1.165) is 12.5 Å². The lowest BCUT2D eigenvalue weighted by atomic mass is 9.73. The van der Waals surface area contributed by atoms with Gasteiger partial charge in [-0.2, -0.15) is 0 Å². The minimum absolute atomic E-state index is 0.553. The highest BCUT2D eigenvalue weighted by Gasteiger charge is 2.26. The molecule has 2 rings (SSSR count). The molecule has 1 aliphatic rings. The maximum atomic E-state index is 5.76. The number of aromatic nitrogens is 2. The van der Waals surface area contributed by atoms with Crippen molar-refractivity contribution < 1.29 is 0 Å². The Hall–Kier alpha value is -0.990. The maximum Gasteiger partial charge on any atom is 0.200 e. The summed E-state index contributed by atoms with van der Waals surface area (Å²) in [6.45, 7) is 5.78. The Bertz CT molecular complexity index is 317.